The predicted molar refractivity (Wildman–Crippen MR) is 252 cm³/mol. The number of esters is 1. The van der Waals surface area contributed by atoms with E-state index in [-0.39, 0.29) is 32.3 Å². The van der Waals surface area contributed by atoms with Gasteiger partial charge in [-0.15, -0.1) is 0 Å². The molecule has 0 saturated heterocycles. The summed E-state index contributed by atoms with van der Waals surface area (Å²) in [4.78, 5) is 22.6. The zero-order valence-corrected chi connectivity index (χ0v) is 39.6. The molecule has 0 aromatic rings. The molecule has 0 radical (unpaired) electrons. The van der Waals surface area contributed by atoms with Crippen LogP contribution >= 0.6 is 7.82 Å². The third-order valence-corrected chi connectivity index (χ3v) is 11.8. The number of nitrogens with two attached hydrogens (primary N) is 1. The van der Waals surface area contributed by atoms with E-state index in [1.165, 1.54) is 167 Å². The molecule has 8 nitrogen and oxygen atoms in total. The Labute approximate surface area is 365 Å². The number of hydrogen-bond acceptors (Lipinski definition) is 7. The normalized spacial score (nSPS) is 13.6. The van der Waals surface area contributed by atoms with Crippen LogP contribution in [0, 0.1) is 0 Å². The maximum Gasteiger partial charge on any atom is 0.472 e. The molecule has 59 heavy (non-hydrogen) atoms. The number of carbonyl (C=O) groups is 1. The van der Waals surface area contributed by atoms with Gasteiger partial charge in [-0.2, -0.15) is 0 Å². The molecule has 9 heteroatoms. The Kier molecular flexibility index (Phi) is 46.7. The standard InChI is InChI=1S/C50H96NO7P/c1-3-5-7-9-11-13-15-17-19-21-22-23-24-25-26-27-29-31-33-35-37-39-41-43-50(52)58-49(48-57-59(53,54)56-46-44-51)47-55-45-42-40-38-36-34-32-30-28-20-18-16-14-12-10-8-6-4-2/h15,17,21-22,24-25,49H,3-14,16,18-20,23,26-48,51H2,1-2H3,(H,53,54)/b17-15-,22-21-,25-24-. The fourth-order valence-corrected chi connectivity index (χ4v) is 7.89. The van der Waals surface area contributed by atoms with Gasteiger partial charge in [-0.1, -0.05) is 217 Å². The second-order valence-electron chi connectivity index (χ2n) is 16.7. The van der Waals surface area contributed by atoms with E-state index in [2.05, 4.69) is 50.3 Å². The van der Waals surface area contributed by atoms with Crippen molar-refractivity contribution in [3.05, 3.63) is 36.5 Å². The van der Waals surface area contributed by atoms with Gasteiger partial charge in [-0.3, -0.25) is 13.8 Å². The summed E-state index contributed by atoms with van der Waals surface area (Å²) in [5, 5.41) is 0. The first kappa shape index (κ1) is 57.7. The lowest BCUT2D eigenvalue weighted by Gasteiger charge is -2.20. The predicted octanol–water partition coefficient (Wildman–Crippen LogP) is 15.4. The van der Waals surface area contributed by atoms with Crippen LogP contribution < -0.4 is 5.73 Å². The van der Waals surface area contributed by atoms with Crippen molar-refractivity contribution >= 4 is 13.8 Å². The fourth-order valence-electron chi connectivity index (χ4n) is 7.12. The first-order valence-corrected chi connectivity index (χ1v) is 26.5. The van der Waals surface area contributed by atoms with Crippen LogP contribution in [-0.2, 0) is 27.9 Å². The lowest BCUT2D eigenvalue weighted by Crippen LogP contribution is -2.28. The van der Waals surface area contributed by atoms with Crippen molar-refractivity contribution in [1.29, 1.82) is 0 Å². The Balaban J connectivity index is 3.96. The summed E-state index contributed by atoms with van der Waals surface area (Å²) in [6, 6.07) is 0. The van der Waals surface area contributed by atoms with Gasteiger partial charge in [-0.05, 0) is 51.4 Å². The van der Waals surface area contributed by atoms with E-state index in [0.29, 0.717) is 13.0 Å². The number of ether oxygens (including phenoxy) is 2. The minimum atomic E-state index is -4.28. The summed E-state index contributed by atoms with van der Waals surface area (Å²) >= 11 is 0. The number of phosphoric acid groups is 1. The summed E-state index contributed by atoms with van der Waals surface area (Å²) in [5.41, 5.74) is 5.38. The van der Waals surface area contributed by atoms with Crippen LogP contribution in [0.25, 0.3) is 0 Å². The summed E-state index contributed by atoms with van der Waals surface area (Å²) in [6.45, 7) is 4.94. The first-order chi connectivity index (χ1) is 28.9. The number of allylic oxidation sites excluding steroid dienone is 6. The molecule has 0 bridgehead atoms. The molecule has 0 spiro atoms. The van der Waals surface area contributed by atoms with Crippen molar-refractivity contribution in [1.82, 2.24) is 0 Å². The van der Waals surface area contributed by atoms with Gasteiger partial charge in [0.15, 0.2) is 0 Å². The number of carbonyl (C=O) groups excluding carboxylic acids is 1. The molecule has 0 heterocycles. The Morgan fingerprint density at radius 1 is 0.508 bits per heavy atom. The SMILES string of the molecule is CCCCCCC/C=C\C/C=C\C/C=C\CCCCCCCCCCC(=O)OC(COCCCCCCCCCCCCCCCCCCC)COP(=O)(O)OCCN. The molecule has 0 aromatic heterocycles. The van der Waals surface area contributed by atoms with Gasteiger partial charge in [0.25, 0.3) is 0 Å². The zero-order valence-electron chi connectivity index (χ0n) is 38.7. The average Bonchev–Trinajstić information content (AvgIpc) is 3.23. The minimum absolute atomic E-state index is 0.0959. The number of unbranched alkanes of at least 4 members (excludes halogenated alkanes) is 29. The van der Waals surface area contributed by atoms with Gasteiger partial charge in [0.2, 0.25) is 0 Å². The third-order valence-electron chi connectivity index (χ3n) is 10.8. The molecule has 0 aliphatic heterocycles. The van der Waals surface area contributed by atoms with Crippen LogP contribution in [0.2, 0.25) is 0 Å². The highest BCUT2D eigenvalue weighted by atomic mass is 31.2. The maximum absolute atomic E-state index is 12.6. The Morgan fingerprint density at radius 2 is 0.898 bits per heavy atom. The van der Waals surface area contributed by atoms with Crippen LogP contribution in [0.3, 0.4) is 0 Å². The van der Waals surface area contributed by atoms with Crippen LogP contribution in [0.4, 0.5) is 0 Å². The minimum Gasteiger partial charge on any atom is -0.457 e. The Bertz CT molecular complexity index is 1000. The van der Waals surface area contributed by atoms with Gasteiger partial charge in [0.05, 0.1) is 19.8 Å². The lowest BCUT2D eigenvalue weighted by atomic mass is 10.0. The molecule has 0 amide bonds. The summed E-state index contributed by atoms with van der Waals surface area (Å²) < 4.78 is 33.6. The van der Waals surface area contributed by atoms with E-state index < -0.39 is 13.9 Å². The van der Waals surface area contributed by atoms with Crippen molar-refractivity contribution in [2.24, 2.45) is 5.73 Å². The molecular weight excluding hydrogens is 758 g/mol. The lowest BCUT2D eigenvalue weighted by molar-refractivity contribution is -0.154. The topological polar surface area (TPSA) is 117 Å². The van der Waals surface area contributed by atoms with Crippen molar-refractivity contribution in [2.75, 3.05) is 33.0 Å². The Hall–Kier alpha value is -1.28. The molecule has 0 fully saturated rings. The number of rotatable bonds is 48. The van der Waals surface area contributed by atoms with E-state index in [0.717, 1.165) is 51.4 Å². The molecule has 0 rings (SSSR count). The van der Waals surface area contributed by atoms with E-state index in [4.69, 9.17) is 24.3 Å². The van der Waals surface area contributed by atoms with Gasteiger partial charge in [0, 0.05) is 19.6 Å². The largest absolute Gasteiger partial charge is 0.472 e. The van der Waals surface area contributed by atoms with Crippen molar-refractivity contribution in [3.8, 4) is 0 Å². The van der Waals surface area contributed by atoms with Crippen LogP contribution in [0.1, 0.15) is 239 Å². The van der Waals surface area contributed by atoms with Gasteiger partial charge in [-0.25, -0.2) is 4.57 Å². The van der Waals surface area contributed by atoms with E-state index >= 15 is 0 Å². The van der Waals surface area contributed by atoms with Crippen molar-refractivity contribution < 1.29 is 32.8 Å². The van der Waals surface area contributed by atoms with Crippen molar-refractivity contribution in [2.45, 2.75) is 245 Å². The molecule has 0 aromatic carbocycles. The van der Waals surface area contributed by atoms with E-state index in [9.17, 15) is 14.3 Å². The average molecular weight is 854 g/mol. The van der Waals surface area contributed by atoms with Crippen LogP contribution in [-0.4, -0.2) is 49.9 Å². The maximum atomic E-state index is 12.6. The summed E-state index contributed by atoms with van der Waals surface area (Å²) in [7, 11) is -4.28. The van der Waals surface area contributed by atoms with E-state index in [1.807, 2.05) is 0 Å². The van der Waals surface area contributed by atoms with Gasteiger partial charge in [0.1, 0.15) is 6.10 Å². The molecule has 3 N–H and O–H groups in total. The highest BCUT2D eigenvalue weighted by Gasteiger charge is 2.25. The second-order valence-corrected chi connectivity index (χ2v) is 18.1. The summed E-state index contributed by atoms with van der Waals surface area (Å²) in [6.07, 6.45) is 56.0. The third kappa shape index (κ3) is 47.6. The number of hydrogen-bond donors (Lipinski definition) is 2. The molecule has 2 atom stereocenters. The van der Waals surface area contributed by atoms with Crippen LogP contribution in [0.5, 0.6) is 0 Å². The fraction of sp³-hybridized carbons (Fsp3) is 0.860. The second kappa shape index (κ2) is 47.8. The monoisotopic (exact) mass is 854 g/mol. The Morgan fingerprint density at radius 3 is 1.34 bits per heavy atom. The molecule has 0 saturated carbocycles. The molecule has 2 unspecified atom stereocenters. The van der Waals surface area contributed by atoms with Gasteiger partial charge >= 0.3 is 13.8 Å². The van der Waals surface area contributed by atoms with Gasteiger partial charge < -0.3 is 20.1 Å². The zero-order chi connectivity index (χ0) is 43.0. The number of phosphoric ester groups is 1. The molecule has 0 aliphatic rings. The highest BCUT2D eigenvalue weighted by molar-refractivity contribution is 7.47. The van der Waals surface area contributed by atoms with Crippen LogP contribution in [0.15, 0.2) is 36.5 Å². The van der Waals surface area contributed by atoms with Crippen molar-refractivity contribution in [3.63, 3.8) is 0 Å². The molecule has 0 aliphatic carbocycles. The quantitative estimate of drug-likeness (QED) is 0.0269. The highest BCUT2D eigenvalue weighted by Crippen LogP contribution is 2.43. The molecule has 348 valence electrons. The first-order valence-electron chi connectivity index (χ1n) is 25.0. The van der Waals surface area contributed by atoms with E-state index in [1.54, 1.807) is 0 Å². The molecular formula is C50H96NO7P. The summed E-state index contributed by atoms with van der Waals surface area (Å²) in [5.74, 6) is -0.334. The smallest absolute Gasteiger partial charge is 0.457 e.